The van der Waals surface area contributed by atoms with Gasteiger partial charge in [-0.25, -0.2) is 9.37 Å². The molecule has 4 rings (SSSR count). The molecule has 0 fully saturated rings. The first-order valence-corrected chi connectivity index (χ1v) is 11.5. The molecule has 0 spiro atoms. The average molecular weight is 462 g/mol. The van der Waals surface area contributed by atoms with Gasteiger partial charge in [0.05, 0.1) is 6.54 Å². The number of halogens is 1. The van der Waals surface area contributed by atoms with Crippen LogP contribution in [0, 0.1) is 5.82 Å². The number of anilines is 1. The van der Waals surface area contributed by atoms with Crippen molar-refractivity contribution in [1.29, 1.82) is 0 Å². The Hall–Kier alpha value is -3.65. The van der Waals surface area contributed by atoms with E-state index in [4.69, 9.17) is 0 Å². The van der Waals surface area contributed by atoms with Crippen LogP contribution in [0.1, 0.15) is 22.6 Å². The highest BCUT2D eigenvalue weighted by Crippen LogP contribution is 2.21. The van der Waals surface area contributed by atoms with Crippen molar-refractivity contribution in [2.24, 2.45) is 0 Å². The molecule has 4 aromatic rings. The maximum absolute atomic E-state index is 13.2. The Morgan fingerprint density at radius 2 is 1.76 bits per heavy atom. The number of carbonyl (C=O) groups excluding carboxylic acids is 1. The van der Waals surface area contributed by atoms with Crippen molar-refractivity contribution in [3.63, 3.8) is 0 Å². The van der Waals surface area contributed by atoms with Crippen LogP contribution in [-0.4, -0.2) is 33.3 Å². The number of aromatic nitrogens is 3. The third-order valence-corrected chi connectivity index (χ3v) is 5.80. The third kappa shape index (κ3) is 6.92. The molecule has 33 heavy (non-hydrogen) atoms. The van der Waals surface area contributed by atoms with Crippen molar-refractivity contribution in [2.45, 2.75) is 19.4 Å². The van der Waals surface area contributed by atoms with Gasteiger partial charge in [-0.1, -0.05) is 48.5 Å². The number of benzene rings is 2. The van der Waals surface area contributed by atoms with E-state index in [-0.39, 0.29) is 18.3 Å². The first-order chi connectivity index (χ1) is 16.2. The lowest BCUT2D eigenvalue weighted by Gasteiger charge is -2.21. The molecule has 2 aromatic carbocycles. The van der Waals surface area contributed by atoms with Crippen LogP contribution in [-0.2, 0) is 24.2 Å². The summed E-state index contributed by atoms with van der Waals surface area (Å²) in [5.41, 5.74) is 2.95. The Labute approximate surface area is 196 Å². The van der Waals surface area contributed by atoms with Gasteiger partial charge in [-0.15, -0.1) is 0 Å². The fourth-order valence-corrected chi connectivity index (χ4v) is 4.01. The van der Waals surface area contributed by atoms with E-state index in [1.54, 1.807) is 18.3 Å². The number of rotatable bonds is 10. The topological polar surface area (TPSA) is 71.0 Å². The summed E-state index contributed by atoms with van der Waals surface area (Å²) in [5, 5.41) is 3.65. The second kappa shape index (κ2) is 11.3. The Kier molecular flexibility index (Phi) is 7.71. The minimum Gasteiger partial charge on any atom is -0.354 e. The maximum atomic E-state index is 13.2. The van der Waals surface area contributed by atoms with Gasteiger partial charge in [0, 0.05) is 49.4 Å². The van der Waals surface area contributed by atoms with Gasteiger partial charge in [0.25, 0.3) is 0 Å². The molecule has 2 heterocycles. The smallest absolute Gasteiger partial charge is 0.239 e. The van der Waals surface area contributed by atoms with Gasteiger partial charge in [-0.3, -0.25) is 9.78 Å². The van der Waals surface area contributed by atoms with E-state index in [0.717, 1.165) is 16.8 Å². The lowest BCUT2D eigenvalue weighted by molar-refractivity contribution is -0.119. The summed E-state index contributed by atoms with van der Waals surface area (Å²) in [4.78, 5) is 23.6. The van der Waals surface area contributed by atoms with Gasteiger partial charge in [-0.05, 0) is 35.4 Å². The molecular weight excluding hydrogens is 437 g/mol. The molecule has 8 heteroatoms. The second-order valence-electron chi connectivity index (χ2n) is 7.56. The highest BCUT2D eigenvalue weighted by atomic mass is 32.1. The molecule has 0 aliphatic heterocycles. The summed E-state index contributed by atoms with van der Waals surface area (Å²) >= 11 is 1.26. The van der Waals surface area contributed by atoms with Crippen LogP contribution < -0.4 is 10.2 Å². The fourth-order valence-electron chi connectivity index (χ4n) is 3.33. The molecule has 0 aliphatic rings. The molecular formula is C25H24FN5OS. The molecule has 0 unspecified atom stereocenters. The molecule has 6 nitrogen and oxygen atoms in total. The molecule has 1 amide bonds. The highest BCUT2D eigenvalue weighted by Gasteiger charge is 2.17. The van der Waals surface area contributed by atoms with Crippen LogP contribution in [0.2, 0.25) is 0 Å². The summed E-state index contributed by atoms with van der Waals surface area (Å²) in [6, 6.07) is 22.0. The Balaban J connectivity index is 1.41. The Bertz CT molecular complexity index is 1150. The van der Waals surface area contributed by atoms with Crippen LogP contribution in [0.25, 0.3) is 0 Å². The van der Waals surface area contributed by atoms with Gasteiger partial charge >= 0.3 is 0 Å². The molecule has 0 saturated carbocycles. The Morgan fingerprint density at radius 3 is 2.52 bits per heavy atom. The molecule has 2 aromatic heterocycles. The zero-order valence-electron chi connectivity index (χ0n) is 18.0. The van der Waals surface area contributed by atoms with E-state index in [9.17, 15) is 9.18 Å². The van der Waals surface area contributed by atoms with Crippen LogP contribution >= 0.6 is 11.5 Å². The summed E-state index contributed by atoms with van der Waals surface area (Å²) in [7, 11) is 0. The third-order valence-electron chi connectivity index (χ3n) is 4.98. The number of amides is 1. The van der Waals surface area contributed by atoms with Crippen molar-refractivity contribution >= 4 is 22.6 Å². The molecule has 168 valence electrons. The lowest BCUT2D eigenvalue weighted by Crippen LogP contribution is -2.37. The molecule has 0 radical (unpaired) electrons. The van der Waals surface area contributed by atoms with Crippen molar-refractivity contribution < 1.29 is 9.18 Å². The lowest BCUT2D eigenvalue weighted by atomic mass is 10.1. The van der Waals surface area contributed by atoms with Gasteiger partial charge in [-0.2, -0.15) is 4.37 Å². The van der Waals surface area contributed by atoms with Gasteiger partial charge in [0.15, 0.2) is 0 Å². The minimum atomic E-state index is -0.270. The quantitative estimate of drug-likeness (QED) is 0.386. The number of pyridine rings is 1. The van der Waals surface area contributed by atoms with Crippen molar-refractivity contribution in [2.75, 3.05) is 18.0 Å². The zero-order valence-corrected chi connectivity index (χ0v) is 18.8. The zero-order chi connectivity index (χ0) is 22.9. The van der Waals surface area contributed by atoms with Gasteiger partial charge in [0.2, 0.25) is 11.0 Å². The predicted molar refractivity (Wildman–Crippen MR) is 128 cm³/mol. The largest absolute Gasteiger partial charge is 0.354 e. The van der Waals surface area contributed by atoms with E-state index in [1.165, 1.54) is 23.7 Å². The standard InChI is InChI=1S/C25H24FN5OS/c26-21-11-9-19(10-12-21)16-23-29-25(33-30-23)31(17-20-6-2-1-3-7-20)18-24(32)28-15-13-22-8-4-5-14-27-22/h1-12,14H,13,15-18H2,(H,28,32). The normalized spacial score (nSPS) is 10.7. The second-order valence-corrected chi connectivity index (χ2v) is 8.29. The van der Waals surface area contributed by atoms with Crippen LogP contribution in [0.4, 0.5) is 9.52 Å². The first-order valence-electron chi connectivity index (χ1n) is 10.7. The predicted octanol–water partition coefficient (Wildman–Crippen LogP) is 4.03. The molecule has 1 N–H and O–H groups in total. The van der Waals surface area contributed by atoms with Crippen LogP contribution in [0.3, 0.4) is 0 Å². The molecule has 0 saturated heterocycles. The maximum Gasteiger partial charge on any atom is 0.239 e. The summed E-state index contributed by atoms with van der Waals surface area (Å²) in [6.45, 7) is 1.23. The Morgan fingerprint density at radius 1 is 0.970 bits per heavy atom. The minimum absolute atomic E-state index is 0.0860. The van der Waals surface area contributed by atoms with Crippen LogP contribution in [0.15, 0.2) is 79.0 Å². The SMILES string of the molecule is O=C(CN(Cc1ccccc1)c1nc(Cc2ccc(F)cc2)ns1)NCCc1ccccn1. The monoisotopic (exact) mass is 461 g/mol. The average Bonchev–Trinajstić information content (AvgIpc) is 3.30. The molecule has 0 aliphatic carbocycles. The van der Waals surface area contributed by atoms with Crippen molar-refractivity contribution in [3.8, 4) is 0 Å². The number of nitrogens with zero attached hydrogens (tertiary/aromatic N) is 4. The van der Waals surface area contributed by atoms with Gasteiger partial charge < -0.3 is 10.2 Å². The first kappa shape index (κ1) is 22.5. The highest BCUT2D eigenvalue weighted by molar-refractivity contribution is 7.09. The van der Waals surface area contributed by atoms with Crippen molar-refractivity contribution in [1.82, 2.24) is 19.7 Å². The van der Waals surface area contributed by atoms with Crippen molar-refractivity contribution in [3.05, 3.63) is 107 Å². The van der Waals surface area contributed by atoms with E-state index < -0.39 is 0 Å². The number of hydrogen-bond acceptors (Lipinski definition) is 6. The van der Waals surface area contributed by atoms with Gasteiger partial charge in [0.1, 0.15) is 11.6 Å². The van der Waals surface area contributed by atoms with Crippen LogP contribution in [0.5, 0.6) is 0 Å². The number of carbonyl (C=O) groups is 1. The van der Waals surface area contributed by atoms with E-state index >= 15 is 0 Å². The van der Waals surface area contributed by atoms with E-state index in [0.29, 0.717) is 36.9 Å². The number of nitrogens with one attached hydrogen (secondary N) is 1. The van der Waals surface area contributed by atoms with E-state index in [1.807, 2.05) is 53.4 Å². The molecule has 0 atom stereocenters. The summed E-state index contributed by atoms with van der Waals surface area (Å²) in [5.74, 6) is 0.293. The fraction of sp³-hybridized carbons (Fsp3) is 0.200. The number of hydrogen-bond donors (Lipinski definition) is 1. The van der Waals surface area contributed by atoms with E-state index in [2.05, 4.69) is 19.7 Å². The molecule has 0 bridgehead atoms. The summed E-state index contributed by atoms with van der Waals surface area (Å²) < 4.78 is 17.6. The summed E-state index contributed by atoms with van der Waals surface area (Å²) in [6.07, 6.45) is 2.93.